The molecule has 0 aliphatic carbocycles. The molecule has 0 saturated carbocycles. The van der Waals surface area contributed by atoms with Gasteiger partial charge in [-0.05, 0) is 12.1 Å². The summed E-state index contributed by atoms with van der Waals surface area (Å²) < 4.78 is 2.08. The molecule has 8 heteroatoms. The molecule has 0 bridgehead atoms. The van der Waals surface area contributed by atoms with Gasteiger partial charge in [0.1, 0.15) is 12.4 Å². The van der Waals surface area contributed by atoms with Gasteiger partial charge in [0.15, 0.2) is 11.1 Å². The van der Waals surface area contributed by atoms with Crippen LogP contribution in [0.2, 0.25) is 0 Å². The highest BCUT2D eigenvalue weighted by Gasteiger charge is 2.20. The molecule has 3 aromatic rings. The van der Waals surface area contributed by atoms with Crippen LogP contribution in [0, 0.1) is 0 Å². The first-order chi connectivity index (χ1) is 12.2. The lowest BCUT2D eigenvalue weighted by molar-refractivity contribution is 0.380. The number of benzene rings is 1. The maximum absolute atomic E-state index is 6.21. The highest BCUT2D eigenvalue weighted by atomic mass is 32.1. The summed E-state index contributed by atoms with van der Waals surface area (Å²) in [6.45, 7) is 4.03. The van der Waals surface area contributed by atoms with Crippen LogP contribution in [0.5, 0.6) is 0 Å². The molecular weight excluding hydrogens is 334 g/mol. The van der Waals surface area contributed by atoms with Crippen LogP contribution in [0.3, 0.4) is 0 Å². The zero-order valence-corrected chi connectivity index (χ0v) is 15.0. The van der Waals surface area contributed by atoms with E-state index in [1.165, 1.54) is 0 Å². The number of aryl methyl sites for hydroxylation is 1. The van der Waals surface area contributed by atoms with Gasteiger partial charge in [-0.3, -0.25) is 0 Å². The molecule has 1 saturated heterocycles. The van der Waals surface area contributed by atoms with Crippen molar-refractivity contribution < 1.29 is 0 Å². The van der Waals surface area contributed by atoms with Crippen LogP contribution in [0.4, 0.5) is 5.13 Å². The van der Waals surface area contributed by atoms with Gasteiger partial charge in [0.2, 0.25) is 0 Å². The highest BCUT2D eigenvalue weighted by molar-refractivity contribution is 7.13. The summed E-state index contributed by atoms with van der Waals surface area (Å²) in [5.74, 6) is 1.51. The second-order valence-electron chi connectivity index (χ2n) is 6.04. The van der Waals surface area contributed by atoms with Crippen LogP contribution in [-0.2, 0) is 13.6 Å². The molecule has 130 valence electrons. The van der Waals surface area contributed by atoms with Crippen LogP contribution >= 0.6 is 11.3 Å². The van der Waals surface area contributed by atoms with Crippen molar-refractivity contribution in [3.63, 3.8) is 0 Å². The van der Waals surface area contributed by atoms with Gasteiger partial charge >= 0.3 is 0 Å². The van der Waals surface area contributed by atoms with Crippen LogP contribution in [0.15, 0.2) is 40.8 Å². The summed E-state index contributed by atoms with van der Waals surface area (Å²) in [6, 6.07) is 8.10. The quantitative estimate of drug-likeness (QED) is 0.571. The second kappa shape index (κ2) is 6.72. The SMILES string of the molecule is Cn1c(CN=C(N)N2CCN(c3nccs3)CC2)nc2ccccc21. The van der Waals surface area contributed by atoms with Crippen LogP contribution in [0.25, 0.3) is 11.0 Å². The number of hydrogen-bond acceptors (Lipinski definition) is 5. The highest BCUT2D eigenvalue weighted by Crippen LogP contribution is 2.19. The standard InChI is InChI=1S/C17H21N7S/c1-22-14-5-3-2-4-13(14)21-15(22)12-20-16(18)23-7-9-24(10-8-23)17-19-6-11-25-17/h2-6,11H,7-10,12H2,1H3,(H2,18,20). The molecular formula is C17H21N7S. The Kier molecular flexibility index (Phi) is 4.27. The number of aromatic nitrogens is 3. The molecule has 1 aliphatic heterocycles. The van der Waals surface area contributed by atoms with E-state index in [1.807, 2.05) is 36.8 Å². The van der Waals surface area contributed by atoms with Crippen molar-refractivity contribution in [2.24, 2.45) is 17.8 Å². The Morgan fingerprint density at radius 1 is 1.24 bits per heavy atom. The minimum absolute atomic E-state index is 0.490. The van der Waals surface area contributed by atoms with Crippen LogP contribution in [-0.4, -0.2) is 51.6 Å². The third kappa shape index (κ3) is 3.17. The molecule has 1 aliphatic rings. The number of thiazole rings is 1. The number of guanidine groups is 1. The van der Waals surface area contributed by atoms with Crippen LogP contribution < -0.4 is 10.6 Å². The van der Waals surface area contributed by atoms with Crippen LogP contribution in [0.1, 0.15) is 5.82 Å². The fraction of sp³-hybridized carbons (Fsp3) is 0.353. The summed E-state index contributed by atoms with van der Waals surface area (Å²) in [4.78, 5) is 18.0. The molecule has 2 aromatic heterocycles. The largest absolute Gasteiger partial charge is 0.370 e. The molecule has 0 radical (unpaired) electrons. The Morgan fingerprint density at radius 2 is 2.04 bits per heavy atom. The number of fused-ring (bicyclic) bond motifs is 1. The van der Waals surface area contributed by atoms with Crippen molar-refractivity contribution in [3.05, 3.63) is 41.7 Å². The van der Waals surface area contributed by atoms with E-state index in [2.05, 4.69) is 35.4 Å². The minimum atomic E-state index is 0.490. The van der Waals surface area contributed by atoms with Gasteiger partial charge in [-0.1, -0.05) is 12.1 Å². The molecule has 1 aromatic carbocycles. The van der Waals surface area contributed by atoms with Crippen molar-refractivity contribution in [1.29, 1.82) is 0 Å². The summed E-state index contributed by atoms with van der Waals surface area (Å²) in [7, 11) is 2.02. The Morgan fingerprint density at radius 3 is 2.76 bits per heavy atom. The molecule has 25 heavy (non-hydrogen) atoms. The fourth-order valence-corrected chi connectivity index (χ4v) is 3.78. The van der Waals surface area contributed by atoms with Gasteiger partial charge in [-0.15, -0.1) is 11.3 Å². The van der Waals surface area contributed by atoms with E-state index in [-0.39, 0.29) is 0 Å². The minimum Gasteiger partial charge on any atom is -0.370 e. The number of piperazine rings is 1. The molecule has 0 spiro atoms. The average molecular weight is 355 g/mol. The first-order valence-corrected chi connectivity index (χ1v) is 9.20. The number of nitrogens with zero attached hydrogens (tertiary/aromatic N) is 6. The predicted molar refractivity (Wildman–Crippen MR) is 102 cm³/mol. The molecule has 0 unspecified atom stereocenters. The third-order valence-electron chi connectivity index (χ3n) is 4.56. The first kappa shape index (κ1) is 15.9. The van der Waals surface area contributed by atoms with Gasteiger partial charge in [0.25, 0.3) is 0 Å². The number of imidazole rings is 1. The van der Waals surface area contributed by atoms with Gasteiger partial charge in [0.05, 0.1) is 11.0 Å². The summed E-state index contributed by atoms with van der Waals surface area (Å²) in [5.41, 5.74) is 8.32. The summed E-state index contributed by atoms with van der Waals surface area (Å²) in [5, 5.41) is 3.09. The maximum Gasteiger partial charge on any atom is 0.191 e. The number of hydrogen-bond donors (Lipinski definition) is 1. The van der Waals surface area contributed by atoms with Crippen molar-refractivity contribution in [2.75, 3.05) is 31.1 Å². The fourth-order valence-electron chi connectivity index (χ4n) is 3.09. The Hall–Kier alpha value is -2.61. The molecule has 4 rings (SSSR count). The number of rotatable bonds is 3. The molecule has 3 heterocycles. The van der Waals surface area contributed by atoms with Gasteiger partial charge in [-0.25, -0.2) is 15.0 Å². The zero-order valence-electron chi connectivity index (χ0n) is 14.2. The van der Waals surface area contributed by atoms with Crippen molar-refractivity contribution in [1.82, 2.24) is 19.4 Å². The molecule has 2 N–H and O–H groups in total. The monoisotopic (exact) mass is 355 g/mol. The van der Waals surface area contributed by atoms with Gasteiger partial charge in [0, 0.05) is 44.8 Å². The zero-order chi connectivity index (χ0) is 17.2. The van der Waals surface area contributed by atoms with E-state index in [1.54, 1.807) is 11.3 Å². The van der Waals surface area contributed by atoms with Gasteiger partial charge in [-0.2, -0.15) is 0 Å². The third-order valence-corrected chi connectivity index (χ3v) is 5.39. The number of nitrogens with two attached hydrogens (primary N) is 1. The lowest BCUT2D eigenvalue weighted by Gasteiger charge is -2.35. The molecule has 7 nitrogen and oxygen atoms in total. The first-order valence-electron chi connectivity index (χ1n) is 8.32. The normalized spacial score (nSPS) is 16.0. The van der Waals surface area contributed by atoms with E-state index < -0.39 is 0 Å². The van der Waals surface area contributed by atoms with Gasteiger partial charge < -0.3 is 20.1 Å². The number of aliphatic imine (C=N–C) groups is 1. The molecule has 0 amide bonds. The number of anilines is 1. The number of para-hydroxylation sites is 2. The van der Waals surface area contributed by atoms with E-state index in [4.69, 9.17) is 5.73 Å². The summed E-state index contributed by atoms with van der Waals surface area (Å²) >= 11 is 1.67. The van der Waals surface area contributed by atoms with E-state index in [0.29, 0.717) is 12.5 Å². The molecule has 1 fully saturated rings. The van der Waals surface area contributed by atoms with E-state index in [0.717, 1.165) is 48.2 Å². The lowest BCUT2D eigenvalue weighted by Crippen LogP contribution is -2.51. The Bertz CT molecular complexity index is 876. The van der Waals surface area contributed by atoms with E-state index in [9.17, 15) is 0 Å². The predicted octanol–water partition coefficient (Wildman–Crippen LogP) is 1.67. The lowest BCUT2D eigenvalue weighted by atomic mass is 10.3. The smallest absolute Gasteiger partial charge is 0.191 e. The van der Waals surface area contributed by atoms with E-state index >= 15 is 0 Å². The Balaban J connectivity index is 1.41. The maximum atomic E-state index is 6.21. The van der Waals surface area contributed by atoms with Crippen molar-refractivity contribution >= 4 is 33.5 Å². The molecule has 0 atom stereocenters. The average Bonchev–Trinajstić information content (AvgIpc) is 3.29. The van der Waals surface area contributed by atoms with Crippen molar-refractivity contribution in [2.45, 2.75) is 6.54 Å². The topological polar surface area (TPSA) is 75.6 Å². The summed E-state index contributed by atoms with van der Waals surface area (Å²) in [6.07, 6.45) is 1.85. The second-order valence-corrected chi connectivity index (χ2v) is 6.91. The van der Waals surface area contributed by atoms with Crippen molar-refractivity contribution in [3.8, 4) is 0 Å². The Labute approximate surface area is 150 Å².